The van der Waals surface area contributed by atoms with E-state index in [1.807, 2.05) is 0 Å². The standard InChI is InChI=1S/ClHO4.U/c2-1(3,4)5;/h(H,2,3,4,5);/q;+1/p-1. The van der Waals surface area contributed by atoms with Gasteiger partial charge in [-0.15, -0.1) is 0 Å². The first kappa shape index (κ1) is 7.18. The van der Waals surface area contributed by atoms with Crippen molar-refractivity contribution < 1.29 is 55.9 Å². The van der Waals surface area contributed by atoms with E-state index in [1.54, 1.807) is 0 Å². The normalized spacial score (nSPS) is 12.2. The molecule has 0 amide bonds. The third kappa shape index (κ3) is 5.18. The summed E-state index contributed by atoms with van der Waals surface area (Å²) in [6.45, 7) is 0. The van der Waals surface area contributed by atoms with Crippen LogP contribution in [0, 0.1) is 40.2 Å². The Labute approximate surface area is 55.8 Å². The molecule has 0 aliphatic carbocycles. The van der Waals surface area contributed by atoms with Crippen LogP contribution in [0.15, 0.2) is 0 Å². The van der Waals surface area contributed by atoms with E-state index < -0.39 is 10.2 Å². The number of hydrogen-bond acceptors (Lipinski definition) is 4. The van der Waals surface area contributed by atoms with E-state index in [0.717, 1.165) is 0 Å². The van der Waals surface area contributed by atoms with Gasteiger partial charge >= 0.3 is 55.9 Å². The molecule has 0 unspecified atom stereocenters. The van der Waals surface area contributed by atoms with Crippen LogP contribution >= 0.6 is 0 Å². The maximum absolute atomic E-state index is 9.24. The van der Waals surface area contributed by atoms with E-state index >= 15 is 0 Å². The number of rotatable bonds is 1. The Bertz CT molecular complexity index is 37.3. The van der Waals surface area contributed by atoms with E-state index in [2.05, 4.69) is 1.79 Å². The third-order valence-electron chi connectivity index (χ3n) is 0.0945. The first-order valence-electron chi connectivity index (χ1n) is 0.821. The molecule has 0 aliphatic heterocycles. The molecular weight excluding hydrogens is 337 g/mol. The summed E-state index contributed by atoms with van der Waals surface area (Å²) < 4.78 is 31.2. The second-order valence-corrected chi connectivity index (χ2v) is 3.29. The SMILES string of the molecule is [O-][Cl+3]([O-])([O-])[O][U]. The van der Waals surface area contributed by atoms with Gasteiger partial charge in [0.2, 0.25) is 0 Å². The summed E-state index contributed by atoms with van der Waals surface area (Å²) in [6.07, 6.45) is 0. The summed E-state index contributed by atoms with van der Waals surface area (Å²) >= 11 is -0.247. The predicted molar refractivity (Wildman–Crippen MR) is 1.08 cm³/mol. The molecule has 0 rings (SSSR count). The van der Waals surface area contributed by atoms with Crippen LogP contribution in [0.1, 0.15) is 0 Å². The quantitative estimate of drug-likeness (QED) is 0.495. The minimum absolute atomic E-state index is 0.247. The molecule has 0 aromatic rings. The Balaban J connectivity index is 3.17. The van der Waals surface area contributed by atoms with Gasteiger partial charge in [0.25, 0.3) is 0 Å². The second-order valence-electron chi connectivity index (χ2n) is 0.455. The van der Waals surface area contributed by atoms with Gasteiger partial charge in [0, 0.05) is 0 Å². The van der Waals surface area contributed by atoms with Crippen LogP contribution in [0.2, 0.25) is 0 Å². The van der Waals surface area contributed by atoms with Gasteiger partial charge in [-0.25, -0.2) is 0 Å². The van der Waals surface area contributed by atoms with Crippen LogP contribution in [0.25, 0.3) is 0 Å². The maximum atomic E-state index is 9.24. The molecule has 0 saturated heterocycles. The molecule has 0 radical (unpaired) electrons. The minimum atomic E-state index is -4.10. The van der Waals surface area contributed by atoms with Crippen LogP contribution in [-0.2, 0) is 1.79 Å². The van der Waals surface area contributed by atoms with Crippen molar-refractivity contribution in [1.82, 2.24) is 0 Å². The first-order chi connectivity index (χ1) is 2.56. The summed E-state index contributed by atoms with van der Waals surface area (Å²) in [7, 11) is -4.10. The molecule has 0 saturated carbocycles. The Morgan fingerprint density at radius 2 is 1.50 bits per heavy atom. The van der Waals surface area contributed by atoms with Gasteiger partial charge < -0.3 is 0 Å². The van der Waals surface area contributed by atoms with E-state index in [9.17, 15) is 14.0 Å². The van der Waals surface area contributed by atoms with Crippen molar-refractivity contribution >= 4 is 0 Å². The van der Waals surface area contributed by atoms with Crippen LogP contribution in [0.4, 0.5) is 0 Å². The fraction of sp³-hybridized carbons (Fsp3) is 0. The van der Waals surface area contributed by atoms with Crippen molar-refractivity contribution in [2.75, 3.05) is 0 Å². The Morgan fingerprint density at radius 3 is 1.50 bits per heavy atom. The van der Waals surface area contributed by atoms with Gasteiger partial charge in [-0.2, -0.15) is 0 Å². The molecule has 6 heavy (non-hydrogen) atoms. The van der Waals surface area contributed by atoms with Gasteiger partial charge in [-0.3, -0.25) is 0 Å². The van der Waals surface area contributed by atoms with Crippen molar-refractivity contribution in [1.29, 1.82) is 0 Å². The average Bonchev–Trinajstić information content (AvgIpc) is 1.35. The van der Waals surface area contributed by atoms with E-state index in [1.165, 1.54) is 0 Å². The zero-order chi connectivity index (χ0) is 5.21. The van der Waals surface area contributed by atoms with Crippen molar-refractivity contribution in [2.45, 2.75) is 0 Å². The van der Waals surface area contributed by atoms with Gasteiger partial charge in [-0.05, 0) is 0 Å². The Kier molecular flexibility index (Phi) is 2.97. The van der Waals surface area contributed by atoms with Gasteiger partial charge in [0.15, 0.2) is 0 Å². The van der Waals surface area contributed by atoms with E-state index in [-0.39, 0.29) is 29.9 Å². The molecule has 0 N–H and O–H groups in total. The van der Waals surface area contributed by atoms with E-state index in [0.29, 0.717) is 0 Å². The number of halogens is 1. The topological polar surface area (TPSA) is 78.4 Å². The molecular formula is ClO4U. The zero-order valence-electron chi connectivity index (χ0n) is 2.51. The molecule has 0 heterocycles. The Morgan fingerprint density at radius 1 is 1.33 bits per heavy atom. The second kappa shape index (κ2) is 2.48. The summed E-state index contributed by atoms with van der Waals surface area (Å²) in [6, 6.07) is 0. The summed E-state index contributed by atoms with van der Waals surface area (Å²) in [5.41, 5.74) is 0. The van der Waals surface area contributed by atoms with Gasteiger partial charge in [0.05, 0.1) is 0 Å². The molecule has 0 spiro atoms. The fourth-order valence-electron chi connectivity index (χ4n) is 0. The predicted octanol–water partition coefficient (Wildman–Crippen LogP) is -3.64. The molecule has 0 bridgehead atoms. The third-order valence-corrected chi connectivity index (χ3v) is 2.64. The fourth-order valence-corrected chi connectivity index (χ4v) is 0. The Hall–Kier alpha value is 1.18. The molecule has 0 aromatic heterocycles. The molecule has 0 aromatic carbocycles. The molecule has 0 atom stereocenters. The summed E-state index contributed by atoms with van der Waals surface area (Å²) in [5, 5.41) is 0. The van der Waals surface area contributed by atoms with E-state index in [4.69, 9.17) is 0 Å². The van der Waals surface area contributed by atoms with Crippen LogP contribution in [-0.4, -0.2) is 0 Å². The van der Waals surface area contributed by atoms with Crippen LogP contribution in [0.3, 0.4) is 0 Å². The monoisotopic (exact) mass is 337 g/mol. The van der Waals surface area contributed by atoms with Crippen molar-refractivity contribution in [2.24, 2.45) is 0 Å². The first-order valence-corrected chi connectivity index (χ1v) is 3.76. The molecule has 4 nitrogen and oxygen atoms in total. The average molecular weight is 337 g/mol. The van der Waals surface area contributed by atoms with Gasteiger partial charge in [0.1, 0.15) is 0 Å². The van der Waals surface area contributed by atoms with Gasteiger partial charge in [-0.1, -0.05) is 0 Å². The van der Waals surface area contributed by atoms with Crippen LogP contribution < -0.4 is 14.0 Å². The molecule has 0 aliphatic rings. The van der Waals surface area contributed by atoms with Crippen molar-refractivity contribution in [3.8, 4) is 0 Å². The molecule has 0 fully saturated rings. The number of hydrogen-bond donors (Lipinski definition) is 0. The van der Waals surface area contributed by atoms with Crippen LogP contribution in [0.5, 0.6) is 0 Å². The molecule has 6 heteroatoms. The summed E-state index contributed by atoms with van der Waals surface area (Å²) in [5.74, 6) is 0. The zero-order valence-corrected chi connectivity index (χ0v) is 7.43. The van der Waals surface area contributed by atoms with Crippen molar-refractivity contribution in [3.05, 3.63) is 0 Å². The van der Waals surface area contributed by atoms with Crippen molar-refractivity contribution in [3.63, 3.8) is 0 Å². The molecule has 35 valence electrons. The summed E-state index contributed by atoms with van der Waals surface area (Å²) in [4.78, 5) is 0.